The van der Waals surface area contributed by atoms with Crippen molar-refractivity contribution >= 4 is 131 Å². The molecule has 0 saturated heterocycles. The Bertz CT molecular complexity index is 6590. The van der Waals surface area contributed by atoms with Gasteiger partial charge in [0.1, 0.15) is 0 Å². The van der Waals surface area contributed by atoms with E-state index in [1.165, 1.54) is 59.8 Å². The van der Waals surface area contributed by atoms with Gasteiger partial charge in [0.05, 0.1) is 89.2 Å². The van der Waals surface area contributed by atoms with Crippen LogP contribution in [0.5, 0.6) is 0 Å². The molecule has 0 aliphatic carbocycles. The highest BCUT2D eigenvalue weighted by Gasteiger charge is 2.26. The molecule has 0 N–H and O–H groups in total. The number of nitrogens with zero attached hydrogens (tertiary/aromatic N) is 7. The average Bonchev–Trinajstić information content (AvgIpc) is 1.53. The van der Waals surface area contributed by atoms with Crippen LogP contribution in [-0.4, -0.2) is 27.4 Å². The molecular weight excluding hydrogens is 1220 g/mol. The number of hydrogen-bond donors (Lipinski definition) is 0. The summed E-state index contributed by atoms with van der Waals surface area (Å²) in [6, 6.07) is 121. The third-order valence-corrected chi connectivity index (χ3v) is 21.4. The summed E-state index contributed by atoms with van der Waals surface area (Å²) >= 11 is 0. The zero-order valence-electron chi connectivity index (χ0n) is 54.7. The van der Waals surface area contributed by atoms with Crippen LogP contribution in [-0.2, 0) is 0 Å². The maximum atomic E-state index is 11.2. The van der Waals surface area contributed by atoms with E-state index in [-0.39, 0.29) is 0 Å². The maximum Gasteiger partial charge on any atom is 0.0992 e. The van der Waals surface area contributed by atoms with Gasteiger partial charge in [-0.05, 0) is 170 Å². The van der Waals surface area contributed by atoms with Gasteiger partial charge < -0.3 is 27.4 Å². The molecule has 21 aromatic rings. The third-order valence-electron chi connectivity index (χ3n) is 21.4. The summed E-state index contributed by atoms with van der Waals surface area (Å²) in [5, 5.41) is 25.3. The second-order valence-corrected chi connectivity index (χ2v) is 26.8. The van der Waals surface area contributed by atoms with Gasteiger partial charge >= 0.3 is 0 Å². The van der Waals surface area contributed by atoms with Crippen LogP contribution < -0.4 is 0 Å². The van der Waals surface area contributed by atoms with Crippen LogP contribution in [0.25, 0.3) is 187 Å². The number of aryl methyl sites for hydroxylation is 2. The van der Waals surface area contributed by atoms with Crippen molar-refractivity contribution < 1.29 is 0 Å². The number of nitriles is 1. The van der Waals surface area contributed by atoms with Gasteiger partial charge in [-0.3, -0.25) is 0 Å². The summed E-state index contributed by atoms with van der Waals surface area (Å²) in [6.07, 6.45) is 0. The number of aromatic nitrogens is 6. The first-order chi connectivity index (χ1) is 49.4. The van der Waals surface area contributed by atoms with Crippen LogP contribution in [0.15, 0.2) is 322 Å². The summed E-state index contributed by atoms with van der Waals surface area (Å²) < 4.78 is 14.6. The van der Waals surface area contributed by atoms with Crippen molar-refractivity contribution in [3.63, 3.8) is 0 Å². The van der Waals surface area contributed by atoms with E-state index in [0.717, 1.165) is 139 Å². The second-order valence-electron chi connectivity index (χ2n) is 26.8. The normalized spacial score (nSPS) is 12.1. The van der Waals surface area contributed by atoms with E-state index < -0.39 is 0 Å². The maximum absolute atomic E-state index is 11.2. The first kappa shape index (κ1) is 55.8. The zero-order chi connectivity index (χ0) is 66.0. The molecule has 6 heterocycles. The van der Waals surface area contributed by atoms with Crippen molar-refractivity contribution in [2.45, 2.75) is 13.8 Å². The van der Waals surface area contributed by atoms with E-state index in [1.54, 1.807) is 0 Å². The molecule has 15 aromatic carbocycles. The lowest BCUT2D eigenvalue weighted by atomic mass is 9.93. The summed E-state index contributed by atoms with van der Waals surface area (Å²) in [7, 11) is 0. The third kappa shape index (κ3) is 8.01. The largest absolute Gasteiger partial charge is 0.309 e. The molecule has 0 bridgehead atoms. The zero-order valence-corrected chi connectivity index (χ0v) is 54.7. The molecule has 0 aliphatic heterocycles. The minimum atomic E-state index is 0.568. The number of fused-ring (bicyclic) bond motifs is 18. The quantitative estimate of drug-likeness (QED) is 0.150. The highest BCUT2D eigenvalue weighted by molar-refractivity contribution is 6.17. The molecule has 0 unspecified atom stereocenters. The fourth-order valence-corrected chi connectivity index (χ4v) is 17.1. The number of rotatable bonds is 8. The lowest BCUT2D eigenvalue weighted by Crippen LogP contribution is -2.03. The fourth-order valence-electron chi connectivity index (χ4n) is 17.1. The molecular formula is C93H59N7. The Kier molecular flexibility index (Phi) is 11.9. The minimum Gasteiger partial charge on any atom is -0.309 e. The minimum absolute atomic E-state index is 0.568. The van der Waals surface area contributed by atoms with Crippen molar-refractivity contribution in [3.8, 4) is 62.4 Å². The topological polar surface area (TPSA) is 53.4 Å². The Balaban J connectivity index is 0.857. The molecule has 0 fully saturated rings. The van der Waals surface area contributed by atoms with Gasteiger partial charge in [-0.15, -0.1) is 0 Å². The van der Waals surface area contributed by atoms with Crippen molar-refractivity contribution in [1.29, 1.82) is 5.26 Å². The SMILES string of the molecule is Cc1ccc(-c2ccc(-c3ccc(C#N)cc3-n3c4ccc(-n5c6ccccc6c6ccccc65)cc4c4cc(-n5c6ccccc6c6ccccc65)ccc43)c(-n3c4ccc(-n5c6ccccc6c6ccccc65)cc4c4cc(-n5c6ccccc6c6ccccc65)ccc43)c2)c(C)c1. The van der Waals surface area contributed by atoms with Gasteiger partial charge in [0, 0.05) is 98.5 Å². The monoisotopic (exact) mass is 1270 g/mol. The molecule has 0 aliphatic rings. The summed E-state index contributed by atoms with van der Waals surface area (Å²) in [4.78, 5) is 0. The van der Waals surface area contributed by atoms with Crippen molar-refractivity contribution in [1.82, 2.24) is 27.4 Å². The molecule has 100 heavy (non-hydrogen) atoms. The molecule has 0 amide bonds. The van der Waals surface area contributed by atoms with Crippen LogP contribution in [0, 0.1) is 25.2 Å². The van der Waals surface area contributed by atoms with Crippen LogP contribution in [0.4, 0.5) is 0 Å². The van der Waals surface area contributed by atoms with E-state index in [9.17, 15) is 5.26 Å². The molecule has 0 atom stereocenters. The molecule has 466 valence electrons. The molecule has 0 saturated carbocycles. The summed E-state index contributed by atoms with van der Waals surface area (Å²) in [5.41, 5.74) is 26.9. The molecule has 7 nitrogen and oxygen atoms in total. The molecule has 7 heteroatoms. The highest BCUT2D eigenvalue weighted by Crippen LogP contribution is 2.47. The Hall–Kier alpha value is -13.4. The number of para-hydroxylation sites is 8. The van der Waals surface area contributed by atoms with Crippen LogP contribution in [0.1, 0.15) is 16.7 Å². The number of benzene rings is 15. The van der Waals surface area contributed by atoms with Gasteiger partial charge in [0.25, 0.3) is 0 Å². The molecule has 0 radical (unpaired) electrons. The van der Waals surface area contributed by atoms with E-state index in [2.05, 4.69) is 363 Å². The van der Waals surface area contributed by atoms with E-state index in [0.29, 0.717) is 5.56 Å². The van der Waals surface area contributed by atoms with Crippen LogP contribution in [0.3, 0.4) is 0 Å². The molecule has 6 aromatic heterocycles. The van der Waals surface area contributed by atoms with Gasteiger partial charge in [-0.1, -0.05) is 188 Å². The lowest BCUT2D eigenvalue weighted by Gasteiger charge is -2.21. The second kappa shape index (κ2) is 21.3. The highest BCUT2D eigenvalue weighted by atomic mass is 15.0. The first-order valence-electron chi connectivity index (χ1n) is 34.3. The Morgan fingerprint density at radius 1 is 0.220 bits per heavy atom. The van der Waals surface area contributed by atoms with Crippen LogP contribution >= 0.6 is 0 Å². The predicted molar refractivity (Wildman–Crippen MR) is 418 cm³/mol. The number of hydrogen-bond acceptors (Lipinski definition) is 1. The van der Waals surface area contributed by atoms with E-state index >= 15 is 0 Å². The van der Waals surface area contributed by atoms with E-state index in [1.807, 2.05) is 6.07 Å². The predicted octanol–water partition coefficient (Wildman–Crippen LogP) is 24.1. The van der Waals surface area contributed by atoms with Crippen molar-refractivity contribution in [2.24, 2.45) is 0 Å². The average molecular weight is 1270 g/mol. The Morgan fingerprint density at radius 2 is 0.490 bits per heavy atom. The summed E-state index contributed by atoms with van der Waals surface area (Å²) in [6.45, 7) is 4.39. The van der Waals surface area contributed by atoms with Crippen molar-refractivity contribution in [3.05, 3.63) is 338 Å². The smallest absolute Gasteiger partial charge is 0.0992 e. The lowest BCUT2D eigenvalue weighted by molar-refractivity contribution is 1.15. The van der Waals surface area contributed by atoms with Crippen molar-refractivity contribution in [2.75, 3.05) is 0 Å². The van der Waals surface area contributed by atoms with E-state index in [4.69, 9.17) is 0 Å². The van der Waals surface area contributed by atoms with Gasteiger partial charge in [0.15, 0.2) is 0 Å². The van der Waals surface area contributed by atoms with Gasteiger partial charge in [0.2, 0.25) is 0 Å². The summed E-state index contributed by atoms with van der Waals surface area (Å²) in [5.74, 6) is 0. The molecule has 0 spiro atoms. The Morgan fingerprint density at radius 3 is 0.790 bits per heavy atom. The van der Waals surface area contributed by atoms with Gasteiger partial charge in [-0.25, -0.2) is 0 Å². The standard InChI is InChI=1S/C93H59N7/c1-57-35-42-65(58(2)49-57)60-37-44-75(93(51-60)100-90-47-40-63(97-84-31-15-7-23-70(84)71-24-8-16-32-85(71)97)54-78(90)79-55-64(41-48-91(79)100)98-86-33-17-9-25-72(86)73-26-10-18-34-87(73)98)74-43-36-59(56-94)50-92(74)99-88-45-38-61(95-80-27-11-3-19-66(80)67-20-4-12-28-81(67)95)52-76(88)77-53-62(39-46-89(77)99)96-82-29-13-5-21-68(82)69-22-6-14-30-83(69)96/h3-55H,1-2H3. The fraction of sp³-hybridized carbons (Fsp3) is 0.0215. The van der Waals surface area contributed by atoms with Crippen LogP contribution in [0.2, 0.25) is 0 Å². The first-order valence-corrected chi connectivity index (χ1v) is 34.3. The Labute approximate surface area is 574 Å². The molecule has 21 rings (SSSR count). The van der Waals surface area contributed by atoms with Gasteiger partial charge in [-0.2, -0.15) is 5.26 Å².